The number of nitrogens with zero attached hydrogens (tertiary/aromatic N) is 3. The Labute approximate surface area is 220 Å². The van der Waals surface area contributed by atoms with E-state index in [9.17, 15) is 10.2 Å². The van der Waals surface area contributed by atoms with Crippen LogP contribution in [0.4, 0.5) is 0 Å². The average Bonchev–Trinajstić information content (AvgIpc) is 2.82. The molecule has 0 saturated heterocycles. The van der Waals surface area contributed by atoms with E-state index in [1.54, 1.807) is 30.8 Å². The van der Waals surface area contributed by atoms with Crippen molar-refractivity contribution >= 4 is 27.4 Å². The van der Waals surface area contributed by atoms with E-state index in [0.29, 0.717) is 29.7 Å². The zero-order chi connectivity index (χ0) is 27.1. The summed E-state index contributed by atoms with van der Waals surface area (Å²) < 4.78 is 0. The molecular formula is C28H39N3O5Si. The third-order valence-corrected chi connectivity index (χ3v) is 7.53. The zero-order valence-electron chi connectivity index (χ0n) is 21.9. The Balaban J connectivity index is 1.82. The molecule has 8 nitrogen and oxygen atoms in total. The molecule has 1 fully saturated rings. The number of aromatic hydroxyl groups is 2. The van der Waals surface area contributed by atoms with E-state index in [1.165, 1.54) is 0 Å². The Morgan fingerprint density at radius 2 is 1.43 bits per heavy atom. The molecule has 5 N–H and O–H groups in total. The molecule has 2 atom stereocenters. The van der Waals surface area contributed by atoms with Crippen LogP contribution in [-0.4, -0.2) is 70.7 Å². The first-order valence-corrected chi connectivity index (χ1v) is 14.9. The number of phenolic OH excluding ortho intramolecular Hbond substituents is 2. The van der Waals surface area contributed by atoms with Gasteiger partial charge in [0.2, 0.25) is 0 Å². The maximum atomic E-state index is 11.0. The van der Waals surface area contributed by atoms with Crippen molar-refractivity contribution < 1.29 is 24.6 Å². The highest BCUT2D eigenvalue weighted by atomic mass is 28.4. The second kappa shape index (κ2) is 12.6. The molecule has 0 aromatic heterocycles. The lowest BCUT2D eigenvalue weighted by Gasteiger charge is -2.26. The van der Waals surface area contributed by atoms with Gasteiger partial charge in [-0.3, -0.25) is 15.0 Å². The van der Waals surface area contributed by atoms with E-state index >= 15 is 0 Å². The lowest BCUT2D eigenvalue weighted by atomic mass is 9.85. The Bertz CT molecular complexity index is 1140. The molecule has 0 aliphatic heterocycles. The number of rotatable bonds is 9. The van der Waals surface area contributed by atoms with Crippen molar-refractivity contribution in [2.24, 2.45) is 15.0 Å². The molecule has 0 amide bonds. The monoisotopic (exact) mass is 525 g/mol. The Morgan fingerprint density at radius 1 is 0.865 bits per heavy atom. The predicted octanol–water partition coefficient (Wildman–Crippen LogP) is 3.97. The summed E-state index contributed by atoms with van der Waals surface area (Å²) in [5.41, 5.74) is 2.71. The summed E-state index contributed by atoms with van der Waals surface area (Å²) in [6, 6.07) is 10.9. The summed E-state index contributed by atoms with van der Waals surface area (Å²) >= 11 is 0. The van der Waals surface area contributed by atoms with Crippen molar-refractivity contribution in [2.45, 2.75) is 76.4 Å². The molecule has 2 aromatic rings. The molecule has 0 radical (unpaired) electrons. The third kappa shape index (κ3) is 8.89. The van der Waals surface area contributed by atoms with Crippen LogP contribution in [0.1, 0.15) is 75.1 Å². The minimum atomic E-state index is -4.06. The topological polar surface area (TPSA) is 138 Å². The Morgan fingerprint density at radius 3 is 2.00 bits per heavy atom. The van der Waals surface area contributed by atoms with E-state index < -0.39 is 8.80 Å². The van der Waals surface area contributed by atoms with Crippen LogP contribution in [0.15, 0.2) is 51.4 Å². The highest BCUT2D eigenvalue weighted by Crippen LogP contribution is 2.31. The van der Waals surface area contributed by atoms with Crippen molar-refractivity contribution in [2.75, 3.05) is 6.54 Å². The summed E-state index contributed by atoms with van der Waals surface area (Å²) in [5, 5.41) is 21.0. The minimum Gasteiger partial charge on any atom is -0.507 e. The standard InChI is InChI=1S/C28H39N3O5Si/c1-28(2,3)23-15-21(17-29-13-8-14-37(34,35)36)27(33)22(16-23)19-31-25-11-6-5-10-24(25)30-18-20-9-4-7-12-26(20)32/h4,7,9,12,15-19,24-25,32-36H,5-6,8,10-11,13-14H2,1-3H3/t24-,25+/m0/s1. The maximum Gasteiger partial charge on any atom is 0.492 e. The molecule has 3 rings (SSSR count). The first-order valence-electron chi connectivity index (χ1n) is 12.8. The molecule has 2 aromatic carbocycles. The van der Waals surface area contributed by atoms with Crippen LogP contribution >= 0.6 is 0 Å². The molecule has 1 saturated carbocycles. The van der Waals surface area contributed by atoms with Gasteiger partial charge in [0, 0.05) is 47.9 Å². The normalized spacial score (nSPS) is 19.4. The SMILES string of the molecule is CC(C)(C)c1cc(C=NCCC[Si](O)(O)O)c(O)c(C=N[C@@H]2CCCC[C@@H]2N=Cc2ccccc2O)c1. The number of para-hydroxylation sites is 1. The number of phenols is 2. The molecule has 0 unspecified atom stereocenters. The van der Waals surface area contributed by atoms with E-state index in [-0.39, 0.29) is 35.0 Å². The highest BCUT2D eigenvalue weighted by molar-refractivity contribution is 6.56. The zero-order valence-corrected chi connectivity index (χ0v) is 22.9. The molecule has 37 heavy (non-hydrogen) atoms. The quantitative estimate of drug-likeness (QED) is 0.192. The largest absolute Gasteiger partial charge is 0.507 e. The fourth-order valence-electron chi connectivity index (χ4n) is 4.27. The van der Waals surface area contributed by atoms with Gasteiger partial charge in [0.15, 0.2) is 0 Å². The summed E-state index contributed by atoms with van der Waals surface area (Å²) in [5.74, 6) is 0.284. The molecule has 0 spiro atoms. The second-order valence-corrected chi connectivity index (χ2v) is 12.7. The van der Waals surface area contributed by atoms with Crippen molar-refractivity contribution in [1.29, 1.82) is 0 Å². The van der Waals surface area contributed by atoms with Gasteiger partial charge in [-0.15, -0.1) is 0 Å². The van der Waals surface area contributed by atoms with Gasteiger partial charge >= 0.3 is 8.80 Å². The van der Waals surface area contributed by atoms with Crippen LogP contribution in [0.5, 0.6) is 11.5 Å². The van der Waals surface area contributed by atoms with Gasteiger partial charge in [-0.2, -0.15) is 0 Å². The number of benzene rings is 2. The average molecular weight is 526 g/mol. The van der Waals surface area contributed by atoms with Gasteiger partial charge in [0.25, 0.3) is 0 Å². The molecule has 200 valence electrons. The van der Waals surface area contributed by atoms with E-state index in [0.717, 1.165) is 31.2 Å². The van der Waals surface area contributed by atoms with Crippen molar-refractivity contribution in [3.05, 3.63) is 58.7 Å². The maximum absolute atomic E-state index is 11.0. The lowest BCUT2D eigenvalue weighted by Crippen LogP contribution is -2.34. The highest BCUT2D eigenvalue weighted by Gasteiger charge is 2.26. The number of aliphatic imine (C=N–C) groups is 3. The van der Waals surface area contributed by atoms with Crippen LogP contribution in [0, 0.1) is 0 Å². The van der Waals surface area contributed by atoms with Crippen molar-refractivity contribution in [1.82, 2.24) is 0 Å². The van der Waals surface area contributed by atoms with Crippen molar-refractivity contribution in [3.63, 3.8) is 0 Å². The summed E-state index contributed by atoms with van der Waals surface area (Å²) in [6.07, 6.45) is 9.32. The first-order chi connectivity index (χ1) is 17.4. The van der Waals surface area contributed by atoms with E-state index in [4.69, 9.17) is 24.4 Å². The number of hydrogen-bond acceptors (Lipinski definition) is 8. The smallest absolute Gasteiger partial charge is 0.492 e. The van der Waals surface area contributed by atoms with Gasteiger partial charge in [0.1, 0.15) is 11.5 Å². The van der Waals surface area contributed by atoms with Gasteiger partial charge in [-0.25, -0.2) is 0 Å². The van der Waals surface area contributed by atoms with Crippen LogP contribution in [0.2, 0.25) is 6.04 Å². The molecule has 1 aliphatic rings. The molecule has 9 heteroatoms. The van der Waals surface area contributed by atoms with Crippen LogP contribution in [-0.2, 0) is 5.41 Å². The summed E-state index contributed by atoms with van der Waals surface area (Å²) in [6.45, 7) is 6.60. The predicted molar refractivity (Wildman–Crippen MR) is 150 cm³/mol. The van der Waals surface area contributed by atoms with E-state index in [1.807, 2.05) is 24.3 Å². The third-order valence-electron chi connectivity index (χ3n) is 6.51. The second-order valence-electron chi connectivity index (χ2n) is 10.7. The summed E-state index contributed by atoms with van der Waals surface area (Å²) in [4.78, 5) is 41.4. The lowest BCUT2D eigenvalue weighted by molar-refractivity contribution is 0.227. The molecular weight excluding hydrogens is 486 g/mol. The van der Waals surface area contributed by atoms with Gasteiger partial charge in [-0.05, 0) is 54.5 Å². The Kier molecular flexibility index (Phi) is 9.78. The number of hydrogen-bond donors (Lipinski definition) is 5. The molecule has 0 heterocycles. The molecule has 0 bridgehead atoms. The van der Waals surface area contributed by atoms with E-state index in [2.05, 4.69) is 25.8 Å². The fraction of sp³-hybridized carbons (Fsp3) is 0.464. The fourth-order valence-corrected chi connectivity index (χ4v) is 4.90. The van der Waals surface area contributed by atoms with Crippen LogP contribution < -0.4 is 0 Å². The van der Waals surface area contributed by atoms with Gasteiger partial charge in [0.05, 0.1) is 12.1 Å². The Hall–Kier alpha value is -2.85. The van der Waals surface area contributed by atoms with Gasteiger partial charge in [-0.1, -0.05) is 45.7 Å². The molecule has 1 aliphatic carbocycles. The first kappa shape index (κ1) is 28.7. The van der Waals surface area contributed by atoms with Crippen molar-refractivity contribution in [3.8, 4) is 11.5 Å². The van der Waals surface area contributed by atoms with Gasteiger partial charge < -0.3 is 24.6 Å². The minimum absolute atomic E-state index is 0.00109. The van der Waals surface area contributed by atoms with Crippen LogP contribution in [0.25, 0.3) is 0 Å². The van der Waals surface area contributed by atoms with Crippen LogP contribution in [0.3, 0.4) is 0 Å². The summed E-state index contributed by atoms with van der Waals surface area (Å²) in [7, 11) is -4.06.